The number of carbonyl (C=O) groups excluding carboxylic acids is 2. The van der Waals surface area contributed by atoms with E-state index < -0.39 is 0 Å². The smallest absolute Gasteiger partial charge is 0.309 e. The molecule has 1 aliphatic rings. The SMILES string of the molecule is CCOC(=O)[C@@H]1C[C@H]1C(=O)OCC. The number of hydrogen-bond donors (Lipinski definition) is 0. The second-order valence-corrected chi connectivity index (χ2v) is 2.95. The topological polar surface area (TPSA) is 52.6 Å². The van der Waals surface area contributed by atoms with Gasteiger partial charge in [0.05, 0.1) is 25.0 Å². The average molecular weight is 186 g/mol. The van der Waals surface area contributed by atoms with E-state index in [9.17, 15) is 9.59 Å². The molecule has 0 bridgehead atoms. The minimum absolute atomic E-state index is 0.251. The van der Waals surface area contributed by atoms with Gasteiger partial charge in [-0.15, -0.1) is 0 Å². The fourth-order valence-corrected chi connectivity index (χ4v) is 1.21. The Morgan fingerprint density at radius 3 is 1.77 bits per heavy atom. The third-order valence-corrected chi connectivity index (χ3v) is 1.97. The highest BCUT2D eigenvalue weighted by Crippen LogP contribution is 2.40. The molecule has 13 heavy (non-hydrogen) atoms. The third-order valence-electron chi connectivity index (χ3n) is 1.97. The molecule has 0 aliphatic heterocycles. The van der Waals surface area contributed by atoms with Crippen LogP contribution in [0.4, 0.5) is 0 Å². The van der Waals surface area contributed by atoms with Crippen LogP contribution in [0.2, 0.25) is 0 Å². The van der Waals surface area contributed by atoms with Gasteiger partial charge in [-0.05, 0) is 20.3 Å². The molecule has 4 heteroatoms. The molecule has 0 spiro atoms. The molecule has 0 amide bonds. The zero-order chi connectivity index (χ0) is 9.84. The Bertz CT molecular complexity index is 190. The molecule has 0 aromatic heterocycles. The summed E-state index contributed by atoms with van der Waals surface area (Å²) in [6.45, 7) is 4.23. The predicted octanol–water partition coefficient (Wildman–Crippen LogP) is 0.749. The van der Waals surface area contributed by atoms with E-state index in [0.717, 1.165) is 0 Å². The van der Waals surface area contributed by atoms with Crippen LogP contribution in [0.1, 0.15) is 20.3 Å². The molecular weight excluding hydrogens is 172 g/mol. The van der Waals surface area contributed by atoms with Gasteiger partial charge in [0, 0.05) is 0 Å². The number of hydrogen-bond acceptors (Lipinski definition) is 4. The fourth-order valence-electron chi connectivity index (χ4n) is 1.21. The van der Waals surface area contributed by atoms with E-state index >= 15 is 0 Å². The Balaban J connectivity index is 2.29. The van der Waals surface area contributed by atoms with E-state index in [1.165, 1.54) is 0 Å². The first kappa shape index (κ1) is 10.0. The maximum Gasteiger partial charge on any atom is 0.309 e. The van der Waals surface area contributed by atoms with Gasteiger partial charge in [0.25, 0.3) is 0 Å². The Kier molecular flexibility index (Phi) is 3.28. The molecule has 2 atom stereocenters. The maximum absolute atomic E-state index is 11.1. The zero-order valence-corrected chi connectivity index (χ0v) is 7.91. The molecule has 0 aromatic carbocycles. The monoisotopic (exact) mass is 186 g/mol. The van der Waals surface area contributed by atoms with Crippen molar-refractivity contribution in [1.29, 1.82) is 0 Å². The van der Waals surface area contributed by atoms with E-state index in [-0.39, 0.29) is 23.8 Å². The van der Waals surface area contributed by atoms with E-state index in [1.54, 1.807) is 13.8 Å². The summed E-state index contributed by atoms with van der Waals surface area (Å²) in [6, 6.07) is 0. The second kappa shape index (κ2) is 4.25. The lowest BCUT2D eigenvalue weighted by molar-refractivity contribution is -0.150. The Labute approximate surface area is 77.2 Å². The molecule has 1 rings (SSSR count). The predicted molar refractivity (Wildman–Crippen MR) is 44.9 cm³/mol. The van der Waals surface area contributed by atoms with Gasteiger partial charge in [-0.25, -0.2) is 0 Å². The van der Waals surface area contributed by atoms with Crippen molar-refractivity contribution in [2.75, 3.05) is 13.2 Å². The number of esters is 2. The van der Waals surface area contributed by atoms with E-state index in [4.69, 9.17) is 9.47 Å². The highest BCUT2D eigenvalue weighted by Gasteiger charge is 2.50. The van der Waals surface area contributed by atoms with E-state index in [0.29, 0.717) is 19.6 Å². The summed E-state index contributed by atoms with van der Waals surface area (Å²) >= 11 is 0. The number of carbonyl (C=O) groups is 2. The first-order valence-corrected chi connectivity index (χ1v) is 4.54. The van der Waals surface area contributed by atoms with Crippen LogP contribution in [-0.4, -0.2) is 25.2 Å². The second-order valence-electron chi connectivity index (χ2n) is 2.95. The lowest BCUT2D eigenvalue weighted by atomic mass is 10.3. The van der Waals surface area contributed by atoms with Crippen LogP contribution in [0, 0.1) is 11.8 Å². The van der Waals surface area contributed by atoms with E-state index in [1.807, 2.05) is 0 Å². The summed E-state index contributed by atoms with van der Waals surface area (Å²) in [5, 5.41) is 0. The number of rotatable bonds is 4. The largest absolute Gasteiger partial charge is 0.466 e. The molecule has 1 aliphatic carbocycles. The Morgan fingerprint density at radius 2 is 1.46 bits per heavy atom. The summed E-state index contributed by atoms with van der Waals surface area (Å²) in [7, 11) is 0. The minimum Gasteiger partial charge on any atom is -0.466 e. The highest BCUT2D eigenvalue weighted by atomic mass is 16.5. The van der Waals surface area contributed by atoms with Crippen molar-refractivity contribution < 1.29 is 19.1 Å². The van der Waals surface area contributed by atoms with Crippen molar-refractivity contribution in [1.82, 2.24) is 0 Å². The first-order valence-electron chi connectivity index (χ1n) is 4.54. The van der Waals surface area contributed by atoms with Crippen molar-refractivity contribution in [2.45, 2.75) is 20.3 Å². The fraction of sp³-hybridized carbons (Fsp3) is 0.778. The lowest BCUT2D eigenvalue weighted by Crippen LogP contribution is -2.13. The van der Waals surface area contributed by atoms with Crippen molar-refractivity contribution in [3.8, 4) is 0 Å². The first-order chi connectivity index (χ1) is 6.20. The van der Waals surface area contributed by atoms with Gasteiger partial charge in [-0.3, -0.25) is 9.59 Å². The zero-order valence-electron chi connectivity index (χ0n) is 7.91. The van der Waals surface area contributed by atoms with E-state index in [2.05, 4.69) is 0 Å². The summed E-state index contributed by atoms with van der Waals surface area (Å²) in [6.07, 6.45) is 0.581. The van der Waals surface area contributed by atoms with Crippen molar-refractivity contribution >= 4 is 11.9 Å². The van der Waals surface area contributed by atoms with Crippen molar-refractivity contribution in [3.05, 3.63) is 0 Å². The summed E-state index contributed by atoms with van der Waals surface area (Å²) in [5.74, 6) is -1.06. The van der Waals surface area contributed by atoms with Gasteiger partial charge < -0.3 is 9.47 Å². The molecule has 0 radical (unpaired) electrons. The van der Waals surface area contributed by atoms with Crippen LogP contribution in [0.5, 0.6) is 0 Å². The molecule has 1 fully saturated rings. The van der Waals surface area contributed by atoms with Gasteiger partial charge in [0.15, 0.2) is 0 Å². The average Bonchev–Trinajstić information content (AvgIpc) is 2.84. The van der Waals surface area contributed by atoms with Crippen LogP contribution < -0.4 is 0 Å². The lowest BCUT2D eigenvalue weighted by Gasteiger charge is -2.00. The molecule has 1 saturated carbocycles. The third kappa shape index (κ3) is 2.44. The highest BCUT2D eigenvalue weighted by molar-refractivity contribution is 5.87. The molecule has 74 valence electrons. The molecule has 0 saturated heterocycles. The maximum atomic E-state index is 11.1. The van der Waals surface area contributed by atoms with Gasteiger partial charge >= 0.3 is 11.9 Å². The van der Waals surface area contributed by atoms with Gasteiger partial charge in [0.2, 0.25) is 0 Å². The Morgan fingerprint density at radius 1 is 1.08 bits per heavy atom. The molecule has 0 unspecified atom stereocenters. The normalized spacial score (nSPS) is 25.1. The molecule has 4 nitrogen and oxygen atoms in total. The standard InChI is InChI=1S/C9H14O4/c1-3-12-8(10)6-5-7(6)9(11)13-4-2/h6-7H,3-5H2,1-2H3/t6-,7-/m1/s1. The molecule has 0 heterocycles. The van der Waals surface area contributed by atoms with Crippen LogP contribution in [0.15, 0.2) is 0 Å². The van der Waals surface area contributed by atoms with Gasteiger partial charge in [-0.2, -0.15) is 0 Å². The van der Waals surface area contributed by atoms with Crippen molar-refractivity contribution in [2.24, 2.45) is 11.8 Å². The summed E-state index contributed by atoms with van der Waals surface area (Å²) < 4.78 is 9.56. The summed E-state index contributed by atoms with van der Waals surface area (Å²) in [5.41, 5.74) is 0. The van der Waals surface area contributed by atoms with Crippen LogP contribution >= 0.6 is 0 Å². The van der Waals surface area contributed by atoms with Crippen LogP contribution in [-0.2, 0) is 19.1 Å². The number of ether oxygens (including phenoxy) is 2. The quantitative estimate of drug-likeness (QED) is 0.608. The van der Waals surface area contributed by atoms with Gasteiger partial charge in [-0.1, -0.05) is 0 Å². The molecule has 0 N–H and O–H groups in total. The van der Waals surface area contributed by atoms with Crippen LogP contribution in [0.3, 0.4) is 0 Å². The summed E-state index contributed by atoms with van der Waals surface area (Å²) in [4.78, 5) is 22.2. The minimum atomic E-state index is -0.277. The molecular formula is C9H14O4. The van der Waals surface area contributed by atoms with Crippen molar-refractivity contribution in [3.63, 3.8) is 0 Å². The molecule has 0 aromatic rings. The Hall–Kier alpha value is -1.06. The van der Waals surface area contributed by atoms with Crippen LogP contribution in [0.25, 0.3) is 0 Å². The van der Waals surface area contributed by atoms with Gasteiger partial charge in [0.1, 0.15) is 0 Å².